The largest absolute Gasteiger partial charge is 0.504 e. The van der Waals surface area contributed by atoms with Crippen LogP contribution in [0.15, 0.2) is 54.6 Å². The highest BCUT2D eigenvalue weighted by molar-refractivity contribution is 6.00. The Hall–Kier alpha value is -7.11. The van der Waals surface area contributed by atoms with Gasteiger partial charge in [0.1, 0.15) is 42.1 Å². The number of carbonyl (C=O) groups is 6. The smallest absolute Gasteiger partial charge is 0.407 e. The van der Waals surface area contributed by atoms with Crippen molar-refractivity contribution in [3.8, 4) is 34.0 Å². The van der Waals surface area contributed by atoms with Crippen LogP contribution in [-0.2, 0) is 40.5 Å². The number of hydrogen-bond acceptors (Lipinski definition) is 12. The van der Waals surface area contributed by atoms with Gasteiger partial charge in [-0.05, 0) is 94.3 Å². The highest BCUT2D eigenvalue weighted by Gasteiger charge is 2.37. The van der Waals surface area contributed by atoms with Crippen LogP contribution in [-0.4, -0.2) is 107 Å². The van der Waals surface area contributed by atoms with Crippen LogP contribution < -0.4 is 26.0 Å². The number of carbonyl (C=O) groups excluding carboxylic acids is 6. The van der Waals surface area contributed by atoms with Gasteiger partial charge in [0.25, 0.3) is 5.91 Å². The first-order valence-corrected chi connectivity index (χ1v) is 22.8. The maximum absolute atomic E-state index is 15.7. The minimum atomic E-state index is -1.52. The molecule has 370 valence electrons. The third-order valence-corrected chi connectivity index (χ3v) is 11.4. The number of phenols is 1. The van der Waals surface area contributed by atoms with Crippen molar-refractivity contribution in [2.75, 3.05) is 27.3 Å². The average molecular weight is 954 g/mol. The Morgan fingerprint density at radius 2 is 1.58 bits per heavy atom. The molecule has 4 bridgehead atoms. The molecule has 69 heavy (non-hydrogen) atoms. The van der Waals surface area contributed by atoms with E-state index < -0.39 is 77.0 Å². The van der Waals surface area contributed by atoms with E-state index >= 15 is 4.39 Å². The lowest BCUT2D eigenvalue weighted by Gasteiger charge is -2.32. The first kappa shape index (κ1) is 52.9. The maximum Gasteiger partial charge on any atom is 0.407 e. The lowest BCUT2D eigenvalue weighted by atomic mass is 9.86. The number of nitrogens with one attached hydrogen (secondary N) is 4. The number of likely N-dealkylation sites (N-methyl/N-ethyl adjacent to an activating group) is 1. The van der Waals surface area contributed by atoms with E-state index in [1.165, 1.54) is 38.2 Å². The first-order chi connectivity index (χ1) is 32.3. The summed E-state index contributed by atoms with van der Waals surface area (Å²) >= 11 is 0. The van der Waals surface area contributed by atoms with Crippen molar-refractivity contribution in [3.05, 3.63) is 94.1 Å². The molecule has 0 saturated carbocycles. The van der Waals surface area contributed by atoms with E-state index in [0.29, 0.717) is 23.6 Å². The molecule has 1 aromatic heterocycles. The summed E-state index contributed by atoms with van der Waals surface area (Å²) in [5.74, 6) is -5.12. The third kappa shape index (κ3) is 13.1. The van der Waals surface area contributed by atoms with Crippen LogP contribution in [0.1, 0.15) is 113 Å². The molecular formula is C51H64FN7O10. The Kier molecular flexibility index (Phi) is 16.8. The summed E-state index contributed by atoms with van der Waals surface area (Å²) in [6, 6.07) is 9.38. The molecule has 5 amide bonds. The minimum Gasteiger partial charge on any atom is -0.504 e. The molecule has 3 aromatic carbocycles. The number of esters is 1. The standard InChI is InChI=1S/C51H64FN7O10/c1-13-14-37(57-45(62)40-27(2)54-43(55-28(40)3)31-15-18-33(19-16-31)50(5,6)7)47(64)59(11)41-32-17-20-39(68-22-21-53-49(66)69-51(8,9)10)34(26-32)35-23-30(24-36(52)42(35)60)25-38(48(65)67-12)58-44(61)29(4)56-46(41)63/h15-20,23-24,26,29,37-38,41,60H,13-14,21-22,25H2,1-12H3,(H,53,66)(H,56,63)(H,57,62)(H,58,61)/t29-,37-,38-,41-/m0/s1. The van der Waals surface area contributed by atoms with Gasteiger partial charge in [-0.15, -0.1) is 0 Å². The van der Waals surface area contributed by atoms with Gasteiger partial charge >= 0.3 is 12.1 Å². The summed E-state index contributed by atoms with van der Waals surface area (Å²) in [5, 5.41) is 21.9. The number of benzene rings is 3. The molecule has 0 spiro atoms. The fourth-order valence-electron chi connectivity index (χ4n) is 7.88. The Labute approximate surface area is 402 Å². The van der Waals surface area contributed by atoms with Crippen LogP contribution in [0.2, 0.25) is 0 Å². The fraction of sp³-hybridized carbons (Fsp3) is 0.451. The van der Waals surface area contributed by atoms with E-state index in [-0.39, 0.29) is 65.0 Å². The number of hydrogen-bond donors (Lipinski definition) is 5. The normalized spacial score (nSPS) is 16.7. The summed E-state index contributed by atoms with van der Waals surface area (Å²) in [6.07, 6.45) is -0.364. The number of alkyl carbamates (subject to hydrolysis) is 1. The number of rotatable bonds is 12. The van der Waals surface area contributed by atoms with Crippen molar-refractivity contribution in [3.63, 3.8) is 0 Å². The predicted molar refractivity (Wildman–Crippen MR) is 256 cm³/mol. The molecule has 0 aliphatic carbocycles. The van der Waals surface area contributed by atoms with E-state index in [2.05, 4.69) is 52.0 Å². The number of amides is 5. The van der Waals surface area contributed by atoms with Gasteiger partial charge in [0.2, 0.25) is 17.7 Å². The van der Waals surface area contributed by atoms with Gasteiger partial charge in [-0.2, -0.15) is 0 Å². The molecule has 0 radical (unpaired) electrons. The second-order valence-corrected chi connectivity index (χ2v) is 19.1. The van der Waals surface area contributed by atoms with E-state index in [9.17, 15) is 33.9 Å². The molecule has 0 saturated heterocycles. The van der Waals surface area contributed by atoms with Gasteiger partial charge in [-0.3, -0.25) is 19.2 Å². The van der Waals surface area contributed by atoms with Crippen molar-refractivity contribution in [1.29, 1.82) is 0 Å². The molecule has 4 atom stereocenters. The van der Waals surface area contributed by atoms with Gasteiger partial charge in [0, 0.05) is 30.2 Å². The Morgan fingerprint density at radius 3 is 2.17 bits per heavy atom. The summed E-state index contributed by atoms with van der Waals surface area (Å²) in [4.78, 5) is 92.9. The molecular weight excluding hydrogens is 890 g/mol. The maximum atomic E-state index is 15.7. The van der Waals surface area contributed by atoms with Crippen LogP contribution in [0.3, 0.4) is 0 Å². The van der Waals surface area contributed by atoms with E-state index in [4.69, 9.17) is 14.2 Å². The highest BCUT2D eigenvalue weighted by Crippen LogP contribution is 2.41. The summed E-state index contributed by atoms with van der Waals surface area (Å²) in [6.45, 7) is 17.9. The van der Waals surface area contributed by atoms with Gasteiger partial charge in [0.15, 0.2) is 17.4 Å². The topological polar surface area (TPSA) is 227 Å². The Morgan fingerprint density at radius 1 is 0.928 bits per heavy atom. The number of methoxy groups -OCH3 is 1. The van der Waals surface area contributed by atoms with Crippen molar-refractivity contribution in [1.82, 2.24) is 36.1 Å². The Bertz CT molecular complexity index is 2570. The SMILES string of the molecule is CCC[C@H](NC(=O)c1c(C)nc(-c2ccc(C(C)(C)C)cc2)nc1C)C(=O)N(C)[C@@H]1C(=O)N[C@@H](C)C(=O)N[C@H](C(=O)OC)Cc2cc(F)c(O)c(c2)-c2cc1ccc2OCCNC(=O)OC(C)(C)C. The summed E-state index contributed by atoms with van der Waals surface area (Å²) in [5.41, 5.74) is 2.32. The zero-order valence-corrected chi connectivity index (χ0v) is 41.4. The number of aromatic hydroxyl groups is 1. The van der Waals surface area contributed by atoms with Gasteiger partial charge < -0.3 is 45.5 Å². The first-order valence-electron chi connectivity index (χ1n) is 22.8. The van der Waals surface area contributed by atoms with Crippen LogP contribution in [0.25, 0.3) is 22.5 Å². The molecule has 5 rings (SSSR count). The molecule has 1 aliphatic heterocycles. The number of ether oxygens (including phenoxy) is 3. The quantitative estimate of drug-likeness (QED) is 0.0780. The summed E-state index contributed by atoms with van der Waals surface area (Å²) in [7, 11) is 2.48. The molecule has 0 unspecified atom stereocenters. The number of fused-ring (bicyclic) bond motifs is 5. The molecule has 5 N–H and O–H groups in total. The molecule has 4 aromatic rings. The lowest BCUT2D eigenvalue weighted by molar-refractivity contribution is -0.145. The van der Waals surface area contributed by atoms with Crippen LogP contribution >= 0.6 is 0 Å². The second-order valence-electron chi connectivity index (χ2n) is 19.1. The van der Waals surface area contributed by atoms with Crippen LogP contribution in [0, 0.1) is 19.7 Å². The molecule has 2 heterocycles. The lowest BCUT2D eigenvalue weighted by Crippen LogP contribution is -2.55. The fourth-order valence-corrected chi connectivity index (χ4v) is 7.88. The van der Waals surface area contributed by atoms with Crippen molar-refractivity contribution in [2.24, 2.45) is 0 Å². The average Bonchev–Trinajstić information content (AvgIpc) is 3.26. The van der Waals surface area contributed by atoms with Crippen LogP contribution in [0.4, 0.5) is 9.18 Å². The van der Waals surface area contributed by atoms with Crippen molar-refractivity contribution < 1.29 is 52.5 Å². The molecule has 17 nitrogen and oxygen atoms in total. The van der Waals surface area contributed by atoms with Gasteiger partial charge in [-0.1, -0.05) is 64.4 Å². The number of halogens is 1. The van der Waals surface area contributed by atoms with E-state index in [1.807, 2.05) is 31.2 Å². The van der Waals surface area contributed by atoms with Gasteiger partial charge in [-0.25, -0.2) is 23.9 Å². The number of aryl methyl sites for hydroxylation is 2. The zero-order valence-electron chi connectivity index (χ0n) is 41.4. The van der Waals surface area contributed by atoms with Crippen molar-refractivity contribution in [2.45, 2.75) is 124 Å². The molecule has 18 heteroatoms. The van der Waals surface area contributed by atoms with Crippen LogP contribution in [0.5, 0.6) is 11.5 Å². The summed E-state index contributed by atoms with van der Waals surface area (Å²) < 4.78 is 32.1. The molecule has 1 aliphatic rings. The zero-order chi connectivity index (χ0) is 51.1. The number of nitrogens with zero attached hydrogens (tertiary/aromatic N) is 3. The number of aromatic nitrogens is 2. The second kappa shape index (κ2) is 21.9. The van der Waals surface area contributed by atoms with Gasteiger partial charge in [0.05, 0.1) is 30.6 Å². The Balaban J connectivity index is 1.55. The number of phenolic OH excluding ortho intramolecular Hbond substituents is 1. The molecule has 0 fully saturated rings. The van der Waals surface area contributed by atoms with Crippen molar-refractivity contribution >= 4 is 35.7 Å². The minimum absolute atomic E-state index is 0.0253. The van der Waals surface area contributed by atoms with E-state index in [1.54, 1.807) is 34.6 Å². The predicted octanol–water partition coefficient (Wildman–Crippen LogP) is 6.29. The monoisotopic (exact) mass is 953 g/mol. The highest BCUT2D eigenvalue weighted by atomic mass is 19.1. The third-order valence-electron chi connectivity index (χ3n) is 11.4. The van der Waals surface area contributed by atoms with E-state index in [0.717, 1.165) is 29.2 Å².